The molecule has 2 atom stereocenters. The van der Waals surface area contributed by atoms with Gasteiger partial charge in [0.1, 0.15) is 0 Å². The van der Waals surface area contributed by atoms with Gasteiger partial charge in [-0.05, 0) is 0 Å². The summed E-state index contributed by atoms with van der Waals surface area (Å²) in [6.45, 7) is 4.64. The molecular formula is C34H33Cl2SiZr. The molecule has 0 fully saturated rings. The molecule has 4 aromatic carbocycles. The van der Waals surface area contributed by atoms with E-state index in [0.29, 0.717) is 7.25 Å². The van der Waals surface area contributed by atoms with Gasteiger partial charge in [0, 0.05) is 0 Å². The molecule has 4 aromatic rings. The summed E-state index contributed by atoms with van der Waals surface area (Å²) in [6, 6.07) is 42.5. The van der Waals surface area contributed by atoms with Crippen molar-refractivity contribution in [3.8, 4) is 0 Å². The Morgan fingerprint density at radius 1 is 0.579 bits per heavy atom. The maximum absolute atomic E-state index is 2.53. The SMILES string of the molecule is CC(C)C[SiH2][Zr+2]([CH]1C(c2ccccc2)=Cc2ccccc21)[CH]1C(c2ccccc2)=Cc2ccccc21.[Cl-].[Cl-]. The maximum atomic E-state index is 2.53. The molecule has 0 saturated heterocycles. The third kappa shape index (κ3) is 5.66. The van der Waals surface area contributed by atoms with E-state index in [1.807, 2.05) is 0 Å². The molecule has 0 amide bonds. The molecule has 38 heavy (non-hydrogen) atoms. The number of benzene rings is 4. The van der Waals surface area contributed by atoms with Crippen molar-refractivity contribution >= 4 is 29.9 Å². The summed E-state index contributed by atoms with van der Waals surface area (Å²) in [4.78, 5) is 0. The van der Waals surface area contributed by atoms with Crippen molar-refractivity contribution in [3.05, 3.63) is 143 Å². The summed E-state index contributed by atoms with van der Waals surface area (Å²) < 4.78 is 1.25. The van der Waals surface area contributed by atoms with E-state index < -0.39 is 20.9 Å². The minimum atomic E-state index is -2.13. The second-order valence-corrected chi connectivity index (χ2v) is 25.8. The summed E-state index contributed by atoms with van der Waals surface area (Å²) in [5, 5.41) is 0. The van der Waals surface area contributed by atoms with E-state index >= 15 is 0 Å². The predicted octanol–water partition coefficient (Wildman–Crippen LogP) is 2.36. The molecule has 0 saturated carbocycles. The van der Waals surface area contributed by atoms with Gasteiger partial charge in [-0.1, -0.05) is 0 Å². The van der Waals surface area contributed by atoms with Crippen molar-refractivity contribution in [2.75, 3.05) is 0 Å². The monoisotopic (exact) mass is 629 g/mol. The topological polar surface area (TPSA) is 0 Å². The van der Waals surface area contributed by atoms with Crippen LogP contribution in [0.15, 0.2) is 109 Å². The number of fused-ring (bicyclic) bond motifs is 2. The van der Waals surface area contributed by atoms with Crippen LogP contribution in [0.4, 0.5) is 0 Å². The van der Waals surface area contributed by atoms with Crippen molar-refractivity contribution in [1.82, 2.24) is 0 Å². The molecule has 4 heteroatoms. The fraction of sp³-hybridized carbons (Fsp3) is 0.176. The summed E-state index contributed by atoms with van der Waals surface area (Å²) in [5.74, 6) is 0.786. The molecule has 0 N–H and O–H groups in total. The van der Waals surface area contributed by atoms with Crippen LogP contribution < -0.4 is 24.8 Å². The smallest absolute Gasteiger partial charge is 1.00 e. The standard InChI is InChI=1S/2C15H11.C4H11Si.2ClH.Zr/c2*1-2-6-12(7-3-1)15-10-13-8-4-5-9-14(13)11-15;1-4(2)3-5;;;/h2*1-11H;4H,3,5H2,1-2H3;2*1H;/q;;;;;+2/p-2. The summed E-state index contributed by atoms with van der Waals surface area (Å²) in [5.41, 5.74) is 12.2. The molecule has 0 radical (unpaired) electrons. The van der Waals surface area contributed by atoms with Crippen LogP contribution in [0.3, 0.4) is 0 Å². The summed E-state index contributed by atoms with van der Waals surface area (Å²) in [7, 11) is 0. The maximum Gasteiger partial charge on any atom is -1.00 e. The largest absolute Gasteiger partial charge is 1.00 e. The first-order valence-corrected chi connectivity index (χ1v) is 23.0. The zero-order valence-electron chi connectivity index (χ0n) is 21.9. The van der Waals surface area contributed by atoms with Crippen LogP contribution in [0, 0.1) is 5.92 Å². The Balaban J connectivity index is 0.00000168. The van der Waals surface area contributed by atoms with Gasteiger partial charge in [-0.15, -0.1) is 0 Å². The van der Waals surface area contributed by atoms with Gasteiger partial charge in [-0.2, -0.15) is 0 Å². The number of rotatable bonds is 7. The van der Waals surface area contributed by atoms with Crippen LogP contribution in [-0.2, 0) is 20.9 Å². The zero-order chi connectivity index (χ0) is 24.5. The molecule has 191 valence electrons. The van der Waals surface area contributed by atoms with Gasteiger partial charge in [0.25, 0.3) is 0 Å². The van der Waals surface area contributed by atoms with Gasteiger partial charge in [0.05, 0.1) is 0 Å². The van der Waals surface area contributed by atoms with Gasteiger partial charge < -0.3 is 24.8 Å². The molecule has 2 unspecified atom stereocenters. The molecule has 0 bridgehead atoms. The second-order valence-electron chi connectivity index (χ2n) is 10.6. The fourth-order valence-corrected chi connectivity index (χ4v) is 31.1. The van der Waals surface area contributed by atoms with Crippen LogP contribution >= 0.6 is 0 Å². The average Bonchev–Trinajstić information content (AvgIpc) is 3.50. The van der Waals surface area contributed by atoms with Gasteiger partial charge >= 0.3 is 226 Å². The Kier molecular flexibility index (Phi) is 9.88. The average molecular weight is 632 g/mol. The van der Waals surface area contributed by atoms with Crippen LogP contribution in [0.25, 0.3) is 23.3 Å². The molecule has 0 aliphatic heterocycles. The second kappa shape index (κ2) is 12.9. The molecule has 0 spiro atoms. The van der Waals surface area contributed by atoms with E-state index in [4.69, 9.17) is 0 Å². The first kappa shape index (κ1) is 29.0. The molecule has 0 aromatic heterocycles. The molecule has 0 heterocycles. The third-order valence-electron chi connectivity index (χ3n) is 7.82. The summed E-state index contributed by atoms with van der Waals surface area (Å²) in [6.07, 6.45) is 5.07. The van der Waals surface area contributed by atoms with Gasteiger partial charge in [-0.3, -0.25) is 0 Å². The Bertz CT molecular complexity index is 1320. The quantitative estimate of drug-likeness (QED) is 0.275. The predicted molar refractivity (Wildman–Crippen MR) is 155 cm³/mol. The zero-order valence-corrected chi connectivity index (χ0v) is 27.3. The van der Waals surface area contributed by atoms with E-state index in [-0.39, 0.29) is 31.5 Å². The van der Waals surface area contributed by atoms with E-state index in [0.717, 1.165) is 5.92 Å². The minimum absolute atomic E-state index is 0. The first-order chi connectivity index (χ1) is 17.7. The molecule has 0 nitrogen and oxygen atoms in total. The Morgan fingerprint density at radius 2 is 0.974 bits per heavy atom. The molecular weight excluding hydrogens is 599 g/mol. The van der Waals surface area contributed by atoms with Crippen molar-refractivity contribution in [2.45, 2.75) is 27.1 Å². The van der Waals surface area contributed by atoms with Crippen LogP contribution in [-0.4, -0.2) is 6.65 Å². The number of hydrogen-bond donors (Lipinski definition) is 0. The van der Waals surface area contributed by atoms with Crippen molar-refractivity contribution in [1.29, 1.82) is 0 Å². The first-order valence-electron chi connectivity index (χ1n) is 13.3. The number of halogens is 2. The van der Waals surface area contributed by atoms with E-state index in [1.165, 1.54) is 28.3 Å². The molecule has 2 aliphatic carbocycles. The minimum Gasteiger partial charge on any atom is -1.00 e. The van der Waals surface area contributed by atoms with Crippen molar-refractivity contribution in [2.24, 2.45) is 5.92 Å². The van der Waals surface area contributed by atoms with Crippen molar-refractivity contribution < 1.29 is 45.7 Å². The Hall–Kier alpha value is -1.96. The normalized spacial score (nSPS) is 17.3. The molecule has 6 rings (SSSR count). The van der Waals surface area contributed by atoms with Crippen LogP contribution in [0.2, 0.25) is 6.04 Å². The van der Waals surface area contributed by atoms with E-state index in [2.05, 4.69) is 135 Å². The van der Waals surface area contributed by atoms with Gasteiger partial charge in [0.15, 0.2) is 0 Å². The fourth-order valence-electron chi connectivity index (χ4n) is 6.12. The number of allylic oxidation sites excluding steroid dienone is 2. The van der Waals surface area contributed by atoms with E-state index in [1.54, 1.807) is 22.3 Å². The number of hydrogen-bond acceptors (Lipinski definition) is 0. The summed E-state index contributed by atoms with van der Waals surface area (Å²) >= 11 is -2.13. The van der Waals surface area contributed by atoms with Crippen molar-refractivity contribution in [3.63, 3.8) is 0 Å². The van der Waals surface area contributed by atoms with Gasteiger partial charge in [0.2, 0.25) is 0 Å². The van der Waals surface area contributed by atoms with E-state index in [9.17, 15) is 0 Å². The Labute approximate surface area is 249 Å². The van der Waals surface area contributed by atoms with Crippen LogP contribution in [0.5, 0.6) is 0 Å². The van der Waals surface area contributed by atoms with Gasteiger partial charge in [-0.25, -0.2) is 0 Å². The Morgan fingerprint density at radius 3 is 1.39 bits per heavy atom. The third-order valence-corrected chi connectivity index (χ3v) is 27.8. The molecule has 2 aliphatic rings. The van der Waals surface area contributed by atoms with Crippen LogP contribution in [0.1, 0.15) is 54.5 Å².